The van der Waals surface area contributed by atoms with Crippen molar-refractivity contribution in [2.45, 2.75) is 76.0 Å². The van der Waals surface area contributed by atoms with Gasteiger partial charge in [-0.3, -0.25) is 34.3 Å². The van der Waals surface area contributed by atoms with Gasteiger partial charge in [0, 0.05) is 54.8 Å². The number of hydrogen-bond donors (Lipinski definition) is 10. The molecular weight excluding hydrogens is 731 g/mol. The average molecular weight is 782 g/mol. The number of aliphatic imine (C=N–C) groups is 1. The number of nitrogens with one attached hydrogen (secondary N) is 8. The Balaban J connectivity index is 1.60. The van der Waals surface area contributed by atoms with Crippen molar-refractivity contribution in [2.24, 2.45) is 16.5 Å². The van der Waals surface area contributed by atoms with Crippen molar-refractivity contribution < 1.29 is 24.0 Å². The van der Waals surface area contributed by atoms with E-state index in [2.05, 4.69) is 51.8 Å². The zero-order valence-electron chi connectivity index (χ0n) is 31.8. The van der Waals surface area contributed by atoms with E-state index in [0.717, 1.165) is 40.6 Å². The van der Waals surface area contributed by atoms with Crippen LogP contribution in [0.25, 0.3) is 10.9 Å². The Morgan fingerprint density at radius 1 is 0.825 bits per heavy atom. The number of unbranched alkanes of at least 4 members (excludes halogenated alkanes) is 1. The van der Waals surface area contributed by atoms with Gasteiger partial charge in [-0.1, -0.05) is 61.9 Å². The number of aromatic amines is 2. The van der Waals surface area contributed by atoms with E-state index in [1.54, 1.807) is 18.6 Å². The number of carbonyl (C=O) groups excluding carboxylic acids is 5. The molecule has 0 radical (unpaired) electrons. The molecule has 0 bridgehead atoms. The fourth-order valence-corrected chi connectivity index (χ4v) is 6.09. The van der Waals surface area contributed by atoms with Crippen molar-refractivity contribution in [3.8, 4) is 6.19 Å². The summed E-state index contributed by atoms with van der Waals surface area (Å²) in [7, 11) is 0. The molecule has 0 saturated carbocycles. The van der Waals surface area contributed by atoms with Gasteiger partial charge in [-0.05, 0) is 43.0 Å². The van der Waals surface area contributed by atoms with E-state index in [1.165, 1.54) is 6.33 Å². The summed E-state index contributed by atoms with van der Waals surface area (Å²) in [5.74, 6) is -3.30. The molecule has 4 rings (SSSR count). The molecule has 0 fully saturated rings. The molecule has 18 heteroatoms. The lowest BCUT2D eigenvalue weighted by Gasteiger charge is -2.27. The van der Waals surface area contributed by atoms with Crippen molar-refractivity contribution in [1.82, 2.24) is 46.9 Å². The molecule has 0 unspecified atom stereocenters. The van der Waals surface area contributed by atoms with E-state index in [9.17, 15) is 24.0 Å². The third-order valence-corrected chi connectivity index (χ3v) is 9.05. The molecule has 2 aromatic heterocycles. The van der Waals surface area contributed by atoms with Crippen molar-refractivity contribution in [3.63, 3.8) is 0 Å². The highest BCUT2D eigenvalue weighted by Crippen LogP contribution is 2.19. The van der Waals surface area contributed by atoms with Crippen LogP contribution in [0.3, 0.4) is 0 Å². The maximum atomic E-state index is 14.3. The van der Waals surface area contributed by atoms with Crippen molar-refractivity contribution in [1.29, 1.82) is 5.26 Å². The lowest BCUT2D eigenvalue weighted by molar-refractivity contribution is -0.134. The summed E-state index contributed by atoms with van der Waals surface area (Å²) < 4.78 is 0. The van der Waals surface area contributed by atoms with E-state index >= 15 is 0 Å². The topological polar surface area (TPSA) is 290 Å². The smallest absolute Gasteiger partial charge is 0.243 e. The highest BCUT2D eigenvalue weighted by molar-refractivity contribution is 5.96. The fourth-order valence-electron chi connectivity index (χ4n) is 6.09. The van der Waals surface area contributed by atoms with Gasteiger partial charge in [0.25, 0.3) is 0 Å². The highest BCUT2D eigenvalue weighted by atomic mass is 16.2. The number of amides is 5. The summed E-state index contributed by atoms with van der Waals surface area (Å²) >= 11 is 0. The molecule has 302 valence electrons. The third-order valence-electron chi connectivity index (χ3n) is 9.05. The summed E-state index contributed by atoms with van der Waals surface area (Å²) in [6, 6.07) is 12.4. The van der Waals surface area contributed by atoms with Gasteiger partial charge in [-0.25, -0.2) is 4.98 Å². The van der Waals surface area contributed by atoms with Crippen molar-refractivity contribution in [3.05, 3.63) is 90.1 Å². The van der Waals surface area contributed by atoms with Crippen LogP contribution in [0.2, 0.25) is 0 Å². The molecule has 0 aliphatic heterocycles. The fraction of sp³-hybridized carbons (Fsp3) is 0.385. The van der Waals surface area contributed by atoms with E-state index < -0.39 is 60.2 Å². The zero-order chi connectivity index (χ0) is 41.0. The Hall–Kier alpha value is -6.74. The van der Waals surface area contributed by atoms with Crippen LogP contribution >= 0.6 is 0 Å². The van der Waals surface area contributed by atoms with Crippen LogP contribution < -0.4 is 43.4 Å². The number of imidazole rings is 1. The Kier molecular flexibility index (Phi) is 17.0. The second-order valence-electron chi connectivity index (χ2n) is 13.4. The maximum Gasteiger partial charge on any atom is 0.243 e. The number of carbonyl (C=O) groups is 5. The number of rotatable bonds is 23. The lowest BCUT2D eigenvalue weighted by atomic mass is 10.0. The maximum absolute atomic E-state index is 14.3. The first kappa shape index (κ1) is 43.0. The Labute approximate surface area is 330 Å². The number of fused-ring (bicyclic) bond motifs is 1. The van der Waals surface area contributed by atoms with Gasteiger partial charge in [0.15, 0.2) is 6.19 Å². The van der Waals surface area contributed by atoms with Crippen molar-refractivity contribution in [2.75, 3.05) is 19.6 Å². The minimum Gasteiger partial charge on any atom is -0.369 e. The third kappa shape index (κ3) is 14.1. The van der Waals surface area contributed by atoms with Gasteiger partial charge in [0.1, 0.15) is 18.1 Å². The monoisotopic (exact) mass is 781 g/mol. The van der Waals surface area contributed by atoms with Crippen LogP contribution in [-0.4, -0.2) is 94.2 Å². The number of nitrogens with zero attached hydrogens (tertiary/aromatic N) is 3. The molecule has 4 atom stereocenters. The Morgan fingerprint density at radius 3 is 2.21 bits per heavy atom. The number of para-hydroxylation sites is 1. The van der Waals surface area contributed by atoms with E-state index in [4.69, 9.17) is 16.7 Å². The molecular formula is C39H51N13O5. The second kappa shape index (κ2) is 22.6. The average Bonchev–Trinajstić information content (AvgIpc) is 3.87. The molecule has 57 heavy (non-hydrogen) atoms. The molecule has 0 aliphatic rings. The number of guanidine groups is 1. The number of benzene rings is 2. The van der Waals surface area contributed by atoms with Crippen LogP contribution in [0, 0.1) is 11.5 Å². The number of primary amides is 1. The van der Waals surface area contributed by atoms with Gasteiger partial charge in [-0.2, -0.15) is 5.26 Å². The number of nitrogens with two attached hydrogens (primary N) is 2. The Morgan fingerprint density at radius 2 is 1.51 bits per heavy atom. The summed E-state index contributed by atoms with van der Waals surface area (Å²) in [6.45, 7) is 2.26. The lowest BCUT2D eigenvalue weighted by Crippen LogP contribution is -2.59. The van der Waals surface area contributed by atoms with Gasteiger partial charge in [-0.15, -0.1) is 0 Å². The molecule has 0 spiro atoms. The number of nitriles is 1. The number of aromatic nitrogens is 3. The van der Waals surface area contributed by atoms with Crippen molar-refractivity contribution >= 4 is 46.4 Å². The van der Waals surface area contributed by atoms with Crippen LogP contribution in [-0.2, 0) is 43.2 Å². The molecule has 12 N–H and O–H groups in total. The summed E-state index contributed by atoms with van der Waals surface area (Å²) in [4.78, 5) is 81.6. The van der Waals surface area contributed by atoms with Gasteiger partial charge in [0.05, 0.1) is 18.9 Å². The first-order valence-electron chi connectivity index (χ1n) is 18.8. The summed E-state index contributed by atoms with van der Waals surface area (Å²) in [6.07, 6.45) is 9.03. The van der Waals surface area contributed by atoms with E-state index in [1.807, 2.05) is 61.5 Å². The molecule has 5 amide bonds. The Bertz CT molecular complexity index is 1990. The molecule has 2 heterocycles. The number of hydrogen-bond acceptors (Lipinski definition) is 9. The standard InChI is InChI=1S/C39H51N13O5/c1-2-3-15-44-31(19-27-21-43-24-49-27)37(56)51-32(17-25-10-5-4-6-11-25)38(57)50-30(14-9-16-45-39(42)48-23-40)36(55)52-33(35(54)47-22-34(41)53)18-26-20-46-29-13-8-7-12-28(26)29/h4-8,10-13,20-21,24,30-33,44,46H,2-3,9,14-19,22H2,1H3,(H2,41,53)(H,43,49)(H,47,54)(H,50,57)(H,51,56)(H,52,55)(H3,42,45,48)/t30-,31-,32+,33-/m0/s1. The summed E-state index contributed by atoms with van der Waals surface area (Å²) in [5, 5.41) is 26.2. The van der Waals surface area contributed by atoms with Gasteiger partial charge in [0.2, 0.25) is 35.5 Å². The zero-order valence-corrected chi connectivity index (χ0v) is 31.8. The molecule has 4 aromatic rings. The molecule has 18 nitrogen and oxygen atoms in total. The molecule has 0 aliphatic carbocycles. The first-order valence-corrected chi connectivity index (χ1v) is 18.8. The number of H-pyrrole nitrogens is 2. The van der Waals surface area contributed by atoms with Crippen LogP contribution in [0.4, 0.5) is 0 Å². The quantitative estimate of drug-likeness (QED) is 0.0157. The van der Waals surface area contributed by atoms with Crippen LogP contribution in [0.15, 0.2) is 78.3 Å². The predicted molar refractivity (Wildman–Crippen MR) is 214 cm³/mol. The molecule has 2 aromatic carbocycles. The van der Waals surface area contributed by atoms with E-state index in [0.29, 0.717) is 13.0 Å². The highest BCUT2D eigenvalue weighted by Gasteiger charge is 2.32. The van der Waals surface area contributed by atoms with Crippen LogP contribution in [0.1, 0.15) is 49.4 Å². The van der Waals surface area contributed by atoms with E-state index in [-0.39, 0.29) is 38.2 Å². The minimum atomic E-state index is -1.22. The predicted octanol–water partition coefficient (Wildman–Crippen LogP) is -0.101. The SMILES string of the molecule is CCCCN[C@@H](Cc1cnc[nH]1)C(=O)N[C@H](Cc1ccccc1)C(=O)N[C@@H](CCCN=C(N)NC#N)C(=O)N[C@@H](Cc1c[nH]c2ccccc12)C(=O)NCC(N)=O. The van der Waals surface area contributed by atoms with Gasteiger partial charge >= 0.3 is 0 Å². The van der Waals surface area contributed by atoms with Gasteiger partial charge < -0.3 is 48.0 Å². The summed E-state index contributed by atoms with van der Waals surface area (Å²) in [5.41, 5.74) is 14.0. The normalized spacial score (nSPS) is 13.4. The largest absolute Gasteiger partial charge is 0.369 e. The van der Waals surface area contributed by atoms with Crippen LogP contribution in [0.5, 0.6) is 0 Å². The first-order chi connectivity index (χ1) is 27.6. The second-order valence-corrected chi connectivity index (χ2v) is 13.4. The molecule has 0 saturated heterocycles. The minimum absolute atomic E-state index is 0.0383.